The summed E-state index contributed by atoms with van der Waals surface area (Å²) in [7, 11) is 2.22. The van der Waals surface area contributed by atoms with Crippen LogP contribution in [0.1, 0.15) is 31.7 Å². The molecule has 1 saturated heterocycles. The zero-order chi connectivity index (χ0) is 14.3. The van der Waals surface area contributed by atoms with Crippen LogP contribution in [0.15, 0.2) is 24.3 Å². The van der Waals surface area contributed by atoms with Crippen LogP contribution in [-0.2, 0) is 0 Å². The average Bonchev–Trinajstić information content (AvgIpc) is 3.23. The Bertz CT molecular complexity index is 483. The van der Waals surface area contributed by atoms with Gasteiger partial charge in [-0.3, -0.25) is 4.90 Å². The summed E-state index contributed by atoms with van der Waals surface area (Å²) < 4.78 is 0. The number of para-hydroxylation sites is 1. The lowest BCUT2D eigenvalue weighted by Crippen LogP contribution is -2.54. The van der Waals surface area contributed by atoms with Crippen LogP contribution in [0.3, 0.4) is 0 Å². The molecule has 2 aliphatic rings. The van der Waals surface area contributed by atoms with Crippen LogP contribution in [0.25, 0.3) is 0 Å². The van der Waals surface area contributed by atoms with Gasteiger partial charge in [-0.2, -0.15) is 0 Å². The van der Waals surface area contributed by atoms with Crippen LogP contribution in [0.5, 0.6) is 0 Å². The molecule has 2 unspecified atom stereocenters. The number of nitrogens with zero attached hydrogens (tertiary/aromatic N) is 2. The molecule has 0 aromatic heterocycles. The fourth-order valence-corrected chi connectivity index (χ4v) is 3.85. The monoisotopic (exact) mass is 273 g/mol. The highest BCUT2D eigenvalue weighted by molar-refractivity contribution is 5.55. The highest BCUT2D eigenvalue weighted by Gasteiger charge is 2.48. The summed E-state index contributed by atoms with van der Waals surface area (Å²) >= 11 is 0. The summed E-state index contributed by atoms with van der Waals surface area (Å²) in [5.41, 5.74) is 8.98. The van der Waals surface area contributed by atoms with Gasteiger partial charge in [0.25, 0.3) is 0 Å². The second-order valence-electron chi connectivity index (χ2n) is 6.73. The van der Waals surface area contributed by atoms with E-state index in [0.717, 1.165) is 19.1 Å². The smallest absolute Gasteiger partial charge is 0.0662 e. The van der Waals surface area contributed by atoms with Crippen molar-refractivity contribution in [3.63, 3.8) is 0 Å². The molecular formula is C17H27N3. The molecule has 3 heteroatoms. The van der Waals surface area contributed by atoms with E-state index in [0.29, 0.717) is 6.04 Å². The number of rotatable bonds is 4. The van der Waals surface area contributed by atoms with E-state index < -0.39 is 0 Å². The van der Waals surface area contributed by atoms with Crippen molar-refractivity contribution in [2.75, 3.05) is 25.0 Å². The molecular weight excluding hydrogens is 246 g/mol. The molecule has 1 aromatic rings. The Hall–Kier alpha value is -1.06. The van der Waals surface area contributed by atoms with Crippen molar-refractivity contribution in [3.05, 3.63) is 29.8 Å². The normalized spacial score (nSPS) is 30.7. The highest BCUT2D eigenvalue weighted by atomic mass is 15.3. The number of hydrogen-bond acceptors (Lipinski definition) is 3. The summed E-state index contributed by atoms with van der Waals surface area (Å²) in [4.78, 5) is 5.13. The van der Waals surface area contributed by atoms with Gasteiger partial charge in [-0.1, -0.05) is 18.2 Å². The first kappa shape index (κ1) is 13.9. The molecule has 1 aromatic carbocycles. The molecule has 2 fully saturated rings. The fourth-order valence-electron chi connectivity index (χ4n) is 3.85. The molecule has 3 nitrogen and oxygen atoms in total. The zero-order valence-electron chi connectivity index (χ0n) is 13.0. The molecule has 20 heavy (non-hydrogen) atoms. The second kappa shape index (κ2) is 5.05. The molecule has 0 spiro atoms. The van der Waals surface area contributed by atoms with Gasteiger partial charge in [-0.25, -0.2) is 0 Å². The third-order valence-corrected chi connectivity index (χ3v) is 5.30. The molecule has 0 amide bonds. The van der Waals surface area contributed by atoms with Gasteiger partial charge in [0.1, 0.15) is 0 Å². The van der Waals surface area contributed by atoms with E-state index in [1.807, 2.05) is 0 Å². The van der Waals surface area contributed by atoms with Gasteiger partial charge in [0, 0.05) is 37.9 Å². The standard InChI is InChI=1S/C17H27N3/c1-13-6-4-5-7-16(13)19(3)17(11-18)10-14(2)20(12-17)15-8-9-15/h4-7,14-15H,8-12,18H2,1-3H3. The average molecular weight is 273 g/mol. The number of likely N-dealkylation sites (tertiary alicyclic amines) is 1. The SMILES string of the molecule is Cc1ccccc1N(C)C1(CN)CC(C)N(C2CC2)C1. The molecule has 1 saturated carbocycles. The van der Waals surface area contributed by atoms with Gasteiger partial charge < -0.3 is 10.6 Å². The van der Waals surface area contributed by atoms with Crippen molar-refractivity contribution in [1.29, 1.82) is 0 Å². The summed E-state index contributed by atoms with van der Waals surface area (Å²) in [6.07, 6.45) is 3.92. The number of likely N-dealkylation sites (N-methyl/N-ethyl adjacent to an activating group) is 1. The summed E-state index contributed by atoms with van der Waals surface area (Å²) in [6, 6.07) is 10.1. The van der Waals surface area contributed by atoms with Crippen LogP contribution in [-0.4, -0.2) is 42.7 Å². The third-order valence-electron chi connectivity index (χ3n) is 5.30. The van der Waals surface area contributed by atoms with Gasteiger partial charge in [-0.05, 0) is 44.7 Å². The Morgan fingerprint density at radius 3 is 2.65 bits per heavy atom. The molecule has 0 bridgehead atoms. The Labute approximate surface area is 122 Å². The molecule has 110 valence electrons. The minimum Gasteiger partial charge on any atom is -0.366 e. The maximum absolute atomic E-state index is 6.23. The zero-order valence-corrected chi connectivity index (χ0v) is 13.0. The Kier molecular flexibility index (Phi) is 3.51. The number of benzene rings is 1. The maximum atomic E-state index is 6.23. The first-order valence-electron chi connectivity index (χ1n) is 7.83. The quantitative estimate of drug-likeness (QED) is 0.914. The van der Waals surface area contributed by atoms with E-state index >= 15 is 0 Å². The minimum absolute atomic E-state index is 0.0914. The fraction of sp³-hybridized carbons (Fsp3) is 0.647. The predicted octanol–water partition coefficient (Wildman–Crippen LogP) is 2.39. The lowest BCUT2D eigenvalue weighted by molar-refractivity contribution is 0.249. The first-order valence-corrected chi connectivity index (χ1v) is 7.83. The molecule has 1 aliphatic heterocycles. The third kappa shape index (κ3) is 2.23. The van der Waals surface area contributed by atoms with Crippen molar-refractivity contribution in [3.8, 4) is 0 Å². The van der Waals surface area contributed by atoms with Crippen molar-refractivity contribution < 1.29 is 0 Å². The molecule has 1 aliphatic carbocycles. The first-order chi connectivity index (χ1) is 9.57. The van der Waals surface area contributed by atoms with E-state index in [-0.39, 0.29) is 5.54 Å². The van der Waals surface area contributed by atoms with Crippen molar-refractivity contribution in [2.45, 2.75) is 50.7 Å². The second-order valence-corrected chi connectivity index (χ2v) is 6.73. The Balaban J connectivity index is 1.87. The number of hydrogen-bond donors (Lipinski definition) is 1. The largest absolute Gasteiger partial charge is 0.366 e. The van der Waals surface area contributed by atoms with Gasteiger partial charge in [0.05, 0.1) is 5.54 Å². The maximum Gasteiger partial charge on any atom is 0.0662 e. The van der Waals surface area contributed by atoms with E-state index in [1.165, 1.54) is 30.5 Å². The van der Waals surface area contributed by atoms with Crippen LogP contribution < -0.4 is 10.6 Å². The number of nitrogens with two attached hydrogens (primary N) is 1. The molecule has 2 N–H and O–H groups in total. The molecule has 0 radical (unpaired) electrons. The number of anilines is 1. The Morgan fingerprint density at radius 1 is 1.35 bits per heavy atom. The summed E-state index contributed by atoms with van der Waals surface area (Å²) in [5.74, 6) is 0. The van der Waals surface area contributed by atoms with Crippen molar-refractivity contribution >= 4 is 5.69 Å². The molecule has 1 heterocycles. The lowest BCUT2D eigenvalue weighted by Gasteiger charge is -2.40. The van der Waals surface area contributed by atoms with E-state index in [1.54, 1.807) is 0 Å². The highest BCUT2D eigenvalue weighted by Crippen LogP contribution is 2.40. The summed E-state index contributed by atoms with van der Waals surface area (Å²) in [5, 5.41) is 0. The van der Waals surface area contributed by atoms with Gasteiger partial charge in [0.2, 0.25) is 0 Å². The van der Waals surface area contributed by atoms with Gasteiger partial charge in [-0.15, -0.1) is 0 Å². The van der Waals surface area contributed by atoms with Crippen molar-refractivity contribution in [1.82, 2.24) is 4.90 Å². The molecule has 2 atom stereocenters. The van der Waals surface area contributed by atoms with Crippen molar-refractivity contribution in [2.24, 2.45) is 5.73 Å². The van der Waals surface area contributed by atoms with E-state index in [9.17, 15) is 0 Å². The topological polar surface area (TPSA) is 32.5 Å². The van der Waals surface area contributed by atoms with Crippen LogP contribution >= 0.6 is 0 Å². The Morgan fingerprint density at radius 2 is 2.05 bits per heavy atom. The van der Waals surface area contributed by atoms with Crippen LogP contribution in [0, 0.1) is 6.92 Å². The number of aryl methyl sites for hydroxylation is 1. The van der Waals surface area contributed by atoms with Gasteiger partial charge in [0.15, 0.2) is 0 Å². The minimum atomic E-state index is 0.0914. The van der Waals surface area contributed by atoms with E-state index in [4.69, 9.17) is 5.73 Å². The van der Waals surface area contributed by atoms with E-state index in [2.05, 4.69) is 55.0 Å². The molecule has 3 rings (SSSR count). The van der Waals surface area contributed by atoms with Gasteiger partial charge >= 0.3 is 0 Å². The van der Waals surface area contributed by atoms with Crippen LogP contribution in [0.2, 0.25) is 0 Å². The van der Waals surface area contributed by atoms with Crippen LogP contribution in [0.4, 0.5) is 5.69 Å². The lowest BCUT2D eigenvalue weighted by atomic mass is 9.93. The predicted molar refractivity (Wildman–Crippen MR) is 85.2 cm³/mol. The summed E-state index contributed by atoms with van der Waals surface area (Å²) in [6.45, 7) is 6.39.